The van der Waals surface area contributed by atoms with E-state index in [4.69, 9.17) is 5.73 Å². The summed E-state index contributed by atoms with van der Waals surface area (Å²) in [5.41, 5.74) is 5.51. The maximum Gasteiger partial charge on any atom is 0.313 e. The van der Waals surface area contributed by atoms with Crippen LogP contribution in [0.4, 0.5) is 5.69 Å². The van der Waals surface area contributed by atoms with Crippen LogP contribution in [0.2, 0.25) is 0 Å². The van der Waals surface area contributed by atoms with Gasteiger partial charge in [0.2, 0.25) is 0 Å². The maximum atomic E-state index is 11.4. The molecule has 0 spiro atoms. The van der Waals surface area contributed by atoms with Crippen molar-refractivity contribution in [3.05, 3.63) is 12.4 Å². The number of nitrogens with zero attached hydrogens (tertiary/aromatic N) is 2. The van der Waals surface area contributed by atoms with Crippen molar-refractivity contribution < 1.29 is 9.53 Å². The first kappa shape index (κ1) is 10.6. The van der Waals surface area contributed by atoms with Crippen molar-refractivity contribution in [1.82, 2.24) is 9.78 Å². The largest absolute Gasteiger partial charge is 0.469 e. The molecule has 78 valence electrons. The summed E-state index contributed by atoms with van der Waals surface area (Å²) in [6.07, 6.45) is 3.23. The summed E-state index contributed by atoms with van der Waals surface area (Å²) in [7, 11) is 1.38. The standard InChI is InChI=1S/C9H15N3O2/c1-9(2,8(13)14-3)6-12-5-7(10)4-11-12/h4-5H,6,10H2,1-3H3. The predicted octanol–water partition coefficient (Wildman–Crippen LogP) is 0.664. The van der Waals surface area contributed by atoms with Crippen molar-refractivity contribution in [3.63, 3.8) is 0 Å². The van der Waals surface area contributed by atoms with E-state index in [1.165, 1.54) is 7.11 Å². The molecule has 1 aromatic heterocycles. The second kappa shape index (κ2) is 3.69. The number of hydrogen-bond donors (Lipinski definition) is 1. The summed E-state index contributed by atoms with van der Waals surface area (Å²) in [5, 5.41) is 4.00. The van der Waals surface area contributed by atoms with Crippen LogP contribution >= 0.6 is 0 Å². The van der Waals surface area contributed by atoms with Gasteiger partial charge < -0.3 is 10.5 Å². The Bertz CT molecular complexity index is 331. The normalized spacial score (nSPS) is 11.4. The summed E-state index contributed by atoms with van der Waals surface area (Å²) >= 11 is 0. The third kappa shape index (κ3) is 2.25. The molecule has 0 bridgehead atoms. The van der Waals surface area contributed by atoms with Crippen LogP contribution in [0.15, 0.2) is 12.4 Å². The van der Waals surface area contributed by atoms with Crippen molar-refractivity contribution in [2.75, 3.05) is 12.8 Å². The van der Waals surface area contributed by atoms with Gasteiger partial charge in [-0.2, -0.15) is 5.10 Å². The van der Waals surface area contributed by atoms with E-state index < -0.39 is 5.41 Å². The summed E-state index contributed by atoms with van der Waals surface area (Å²) in [5.74, 6) is -0.258. The van der Waals surface area contributed by atoms with Crippen LogP contribution in [0.5, 0.6) is 0 Å². The molecule has 14 heavy (non-hydrogen) atoms. The van der Waals surface area contributed by atoms with Crippen LogP contribution in [-0.4, -0.2) is 22.9 Å². The number of esters is 1. The fourth-order valence-electron chi connectivity index (χ4n) is 1.21. The van der Waals surface area contributed by atoms with E-state index in [0.29, 0.717) is 12.2 Å². The molecule has 5 nitrogen and oxygen atoms in total. The van der Waals surface area contributed by atoms with Crippen LogP contribution < -0.4 is 5.73 Å². The van der Waals surface area contributed by atoms with Gasteiger partial charge in [-0.15, -0.1) is 0 Å². The number of aromatic nitrogens is 2. The van der Waals surface area contributed by atoms with E-state index in [-0.39, 0.29) is 5.97 Å². The smallest absolute Gasteiger partial charge is 0.313 e. The predicted molar refractivity (Wildman–Crippen MR) is 52.4 cm³/mol. The zero-order valence-corrected chi connectivity index (χ0v) is 8.65. The van der Waals surface area contributed by atoms with E-state index in [1.807, 2.05) is 0 Å². The fourth-order valence-corrected chi connectivity index (χ4v) is 1.21. The lowest BCUT2D eigenvalue weighted by atomic mass is 9.94. The van der Waals surface area contributed by atoms with E-state index >= 15 is 0 Å². The molecule has 1 aromatic rings. The van der Waals surface area contributed by atoms with E-state index in [0.717, 1.165) is 0 Å². The first-order chi connectivity index (χ1) is 6.45. The summed E-state index contributed by atoms with van der Waals surface area (Å²) < 4.78 is 6.31. The average molecular weight is 197 g/mol. The van der Waals surface area contributed by atoms with Crippen molar-refractivity contribution >= 4 is 11.7 Å². The van der Waals surface area contributed by atoms with Gasteiger partial charge in [-0.1, -0.05) is 0 Å². The van der Waals surface area contributed by atoms with Crippen molar-refractivity contribution in [3.8, 4) is 0 Å². The SMILES string of the molecule is COC(=O)C(C)(C)Cn1cc(N)cn1. The molecule has 0 radical (unpaired) electrons. The van der Waals surface area contributed by atoms with Crippen LogP contribution in [0.1, 0.15) is 13.8 Å². The third-order valence-corrected chi connectivity index (χ3v) is 1.95. The second-order valence-corrected chi connectivity index (χ2v) is 3.85. The quantitative estimate of drug-likeness (QED) is 0.723. The van der Waals surface area contributed by atoms with Crippen LogP contribution in [0.25, 0.3) is 0 Å². The number of carbonyl (C=O) groups is 1. The topological polar surface area (TPSA) is 70.1 Å². The van der Waals surface area contributed by atoms with Crippen molar-refractivity contribution in [2.45, 2.75) is 20.4 Å². The minimum atomic E-state index is -0.590. The number of methoxy groups -OCH3 is 1. The summed E-state index contributed by atoms with van der Waals surface area (Å²) in [6, 6.07) is 0. The van der Waals surface area contributed by atoms with Gasteiger partial charge in [-0.3, -0.25) is 9.48 Å². The lowest BCUT2D eigenvalue weighted by molar-refractivity contribution is -0.151. The Morgan fingerprint density at radius 1 is 1.71 bits per heavy atom. The highest BCUT2D eigenvalue weighted by molar-refractivity contribution is 5.75. The Hall–Kier alpha value is -1.52. The van der Waals surface area contributed by atoms with Crippen LogP contribution in [-0.2, 0) is 16.1 Å². The highest BCUT2D eigenvalue weighted by atomic mass is 16.5. The molecule has 0 amide bonds. The molecular formula is C9H15N3O2. The number of carbonyl (C=O) groups excluding carboxylic acids is 1. The number of ether oxygens (including phenoxy) is 1. The van der Waals surface area contributed by atoms with Gasteiger partial charge in [0.1, 0.15) is 0 Å². The molecule has 0 aliphatic carbocycles. The molecule has 5 heteroatoms. The van der Waals surface area contributed by atoms with E-state index in [2.05, 4.69) is 9.84 Å². The van der Waals surface area contributed by atoms with E-state index in [1.54, 1.807) is 30.9 Å². The van der Waals surface area contributed by atoms with Gasteiger partial charge in [0, 0.05) is 6.20 Å². The van der Waals surface area contributed by atoms with Gasteiger partial charge in [0.25, 0.3) is 0 Å². The summed E-state index contributed by atoms with van der Waals surface area (Å²) in [6.45, 7) is 4.06. The first-order valence-corrected chi connectivity index (χ1v) is 4.32. The Balaban J connectivity index is 2.72. The lowest BCUT2D eigenvalue weighted by Crippen LogP contribution is -2.30. The lowest BCUT2D eigenvalue weighted by Gasteiger charge is -2.20. The molecule has 0 aliphatic heterocycles. The van der Waals surface area contributed by atoms with Gasteiger partial charge in [0.15, 0.2) is 0 Å². The van der Waals surface area contributed by atoms with Crippen molar-refractivity contribution in [2.24, 2.45) is 5.41 Å². The molecule has 0 aliphatic rings. The second-order valence-electron chi connectivity index (χ2n) is 3.85. The van der Waals surface area contributed by atoms with Crippen LogP contribution in [0.3, 0.4) is 0 Å². The van der Waals surface area contributed by atoms with Crippen LogP contribution in [0, 0.1) is 5.41 Å². The fraction of sp³-hybridized carbons (Fsp3) is 0.556. The minimum Gasteiger partial charge on any atom is -0.469 e. The number of nitrogens with two attached hydrogens (primary N) is 1. The Labute approximate surface area is 82.8 Å². The van der Waals surface area contributed by atoms with E-state index in [9.17, 15) is 4.79 Å². The zero-order chi connectivity index (χ0) is 10.8. The number of nitrogen functional groups attached to an aromatic ring is 1. The molecule has 0 atom stereocenters. The molecule has 1 rings (SSSR count). The molecule has 2 N–H and O–H groups in total. The van der Waals surface area contributed by atoms with Gasteiger partial charge in [-0.25, -0.2) is 0 Å². The molecule has 0 fully saturated rings. The third-order valence-electron chi connectivity index (χ3n) is 1.95. The monoisotopic (exact) mass is 197 g/mol. The molecule has 0 saturated carbocycles. The highest BCUT2D eigenvalue weighted by Gasteiger charge is 2.29. The average Bonchev–Trinajstić information content (AvgIpc) is 2.48. The maximum absolute atomic E-state index is 11.4. The van der Waals surface area contributed by atoms with Crippen molar-refractivity contribution in [1.29, 1.82) is 0 Å². The molecule has 0 saturated heterocycles. The number of hydrogen-bond acceptors (Lipinski definition) is 4. The molecule has 0 aromatic carbocycles. The molecular weight excluding hydrogens is 182 g/mol. The van der Waals surface area contributed by atoms with Gasteiger partial charge in [-0.05, 0) is 13.8 Å². The number of rotatable bonds is 3. The Morgan fingerprint density at radius 3 is 2.79 bits per heavy atom. The first-order valence-electron chi connectivity index (χ1n) is 4.32. The van der Waals surface area contributed by atoms with Gasteiger partial charge in [0.05, 0.1) is 31.0 Å². The molecule has 0 unspecified atom stereocenters. The Morgan fingerprint density at radius 2 is 2.36 bits per heavy atom. The molecule has 1 heterocycles. The van der Waals surface area contributed by atoms with Gasteiger partial charge >= 0.3 is 5.97 Å². The highest BCUT2D eigenvalue weighted by Crippen LogP contribution is 2.19. The zero-order valence-electron chi connectivity index (χ0n) is 8.65. The number of anilines is 1. The Kier molecular flexibility index (Phi) is 2.78. The summed E-state index contributed by atoms with van der Waals surface area (Å²) in [4.78, 5) is 11.4. The minimum absolute atomic E-state index is 0.258.